The highest BCUT2D eigenvalue weighted by atomic mass is 16.5. The normalized spacial score (nSPS) is 26.8. The number of hydrogen-bond acceptors (Lipinski definition) is 4. The fraction of sp³-hybridized carbons (Fsp3) is 0.818. The Morgan fingerprint density at radius 3 is 2.50 bits per heavy atom. The summed E-state index contributed by atoms with van der Waals surface area (Å²) in [6, 6.07) is -0.0318. The fourth-order valence-corrected chi connectivity index (χ4v) is 1.92. The first-order valence-electron chi connectivity index (χ1n) is 5.43. The molecule has 0 bridgehead atoms. The van der Waals surface area contributed by atoms with Crippen molar-refractivity contribution in [3.8, 4) is 0 Å². The van der Waals surface area contributed by atoms with Crippen LogP contribution in [0, 0.1) is 5.41 Å². The molecule has 0 saturated heterocycles. The van der Waals surface area contributed by atoms with Gasteiger partial charge in [-0.2, -0.15) is 0 Å². The van der Waals surface area contributed by atoms with Crippen molar-refractivity contribution in [2.75, 3.05) is 13.7 Å². The van der Waals surface area contributed by atoms with Crippen LogP contribution in [0.5, 0.6) is 0 Å². The van der Waals surface area contributed by atoms with Gasteiger partial charge in [0.05, 0.1) is 13.2 Å². The number of esters is 1. The lowest BCUT2D eigenvalue weighted by Crippen LogP contribution is -2.62. The molecule has 16 heavy (non-hydrogen) atoms. The van der Waals surface area contributed by atoms with Gasteiger partial charge in [-0.3, -0.25) is 4.79 Å². The summed E-state index contributed by atoms with van der Waals surface area (Å²) in [4.78, 5) is 22.2. The highest BCUT2D eigenvalue weighted by Crippen LogP contribution is 2.42. The summed E-state index contributed by atoms with van der Waals surface area (Å²) in [7, 11) is 1.19. The summed E-state index contributed by atoms with van der Waals surface area (Å²) in [5.41, 5.74) is -0.139. The highest BCUT2D eigenvalue weighted by Gasteiger charge is 2.49. The van der Waals surface area contributed by atoms with Gasteiger partial charge in [0.25, 0.3) is 0 Å². The van der Waals surface area contributed by atoms with Crippen molar-refractivity contribution in [3.63, 3.8) is 0 Å². The molecule has 0 aromatic heterocycles. The van der Waals surface area contributed by atoms with E-state index in [1.807, 2.05) is 20.8 Å². The highest BCUT2D eigenvalue weighted by molar-refractivity contribution is 6.32. The summed E-state index contributed by atoms with van der Waals surface area (Å²) in [5, 5.41) is 2.65. The van der Waals surface area contributed by atoms with Crippen molar-refractivity contribution in [2.45, 2.75) is 39.3 Å². The van der Waals surface area contributed by atoms with Crippen molar-refractivity contribution in [3.05, 3.63) is 0 Å². The van der Waals surface area contributed by atoms with E-state index in [0.29, 0.717) is 6.61 Å². The van der Waals surface area contributed by atoms with Crippen molar-refractivity contribution < 1.29 is 19.1 Å². The van der Waals surface area contributed by atoms with E-state index in [1.54, 1.807) is 0 Å². The molecule has 2 unspecified atom stereocenters. The summed E-state index contributed by atoms with van der Waals surface area (Å²) in [6.07, 6.45) is 0.879. The van der Waals surface area contributed by atoms with Crippen molar-refractivity contribution >= 4 is 11.9 Å². The van der Waals surface area contributed by atoms with Crippen molar-refractivity contribution in [1.29, 1.82) is 0 Å². The molecule has 2 atom stereocenters. The molecule has 0 aromatic carbocycles. The second-order valence-electron chi connectivity index (χ2n) is 4.52. The molecular formula is C11H19NO4. The molecule has 1 saturated carbocycles. The second-order valence-corrected chi connectivity index (χ2v) is 4.52. The maximum atomic E-state index is 11.3. The second kappa shape index (κ2) is 4.82. The van der Waals surface area contributed by atoms with E-state index in [-0.39, 0.29) is 17.6 Å². The van der Waals surface area contributed by atoms with Crippen LogP contribution in [0.15, 0.2) is 0 Å². The third-order valence-electron chi connectivity index (χ3n) is 3.22. The van der Waals surface area contributed by atoms with Crippen LogP contribution in [0.25, 0.3) is 0 Å². The molecular weight excluding hydrogens is 210 g/mol. The van der Waals surface area contributed by atoms with Gasteiger partial charge in [0.1, 0.15) is 0 Å². The Kier molecular flexibility index (Phi) is 3.91. The van der Waals surface area contributed by atoms with Gasteiger partial charge >= 0.3 is 11.9 Å². The summed E-state index contributed by atoms with van der Waals surface area (Å²) in [5.74, 6) is -1.54. The Balaban J connectivity index is 2.47. The third kappa shape index (κ3) is 2.35. The van der Waals surface area contributed by atoms with Crippen molar-refractivity contribution in [2.24, 2.45) is 5.41 Å². The van der Waals surface area contributed by atoms with E-state index < -0.39 is 11.9 Å². The number of methoxy groups -OCH3 is 1. The molecule has 0 aromatic rings. The van der Waals surface area contributed by atoms with Crippen molar-refractivity contribution in [1.82, 2.24) is 5.32 Å². The number of carbonyl (C=O) groups excluding carboxylic acids is 2. The van der Waals surface area contributed by atoms with E-state index >= 15 is 0 Å². The lowest BCUT2D eigenvalue weighted by Gasteiger charge is -2.51. The molecule has 0 aliphatic heterocycles. The van der Waals surface area contributed by atoms with Gasteiger partial charge in [-0.15, -0.1) is 0 Å². The molecule has 1 fully saturated rings. The summed E-state index contributed by atoms with van der Waals surface area (Å²) >= 11 is 0. The van der Waals surface area contributed by atoms with Gasteiger partial charge in [0.2, 0.25) is 0 Å². The lowest BCUT2D eigenvalue weighted by atomic mass is 9.64. The van der Waals surface area contributed by atoms with Crippen LogP contribution in [0.3, 0.4) is 0 Å². The molecule has 1 N–H and O–H groups in total. The van der Waals surface area contributed by atoms with E-state index in [1.165, 1.54) is 7.11 Å². The quantitative estimate of drug-likeness (QED) is 0.564. The Labute approximate surface area is 95.5 Å². The number of carbonyl (C=O) groups is 2. The molecule has 5 heteroatoms. The fourth-order valence-electron chi connectivity index (χ4n) is 1.92. The first-order valence-corrected chi connectivity index (χ1v) is 5.43. The Morgan fingerprint density at radius 2 is 2.06 bits per heavy atom. The number of nitrogens with one attached hydrogen (secondary N) is 1. The predicted octanol–water partition coefficient (Wildman–Crippen LogP) is 0.479. The van der Waals surface area contributed by atoms with Crippen LogP contribution in [0.1, 0.15) is 27.2 Å². The van der Waals surface area contributed by atoms with Gasteiger partial charge < -0.3 is 14.8 Å². The van der Waals surface area contributed by atoms with Gasteiger partial charge in [0.15, 0.2) is 0 Å². The molecule has 5 nitrogen and oxygen atoms in total. The molecule has 1 rings (SSSR count). The average molecular weight is 229 g/mol. The van der Waals surface area contributed by atoms with Crippen LogP contribution in [-0.2, 0) is 19.1 Å². The molecule has 1 aliphatic rings. The van der Waals surface area contributed by atoms with E-state index in [9.17, 15) is 9.59 Å². The smallest absolute Gasteiger partial charge is 0.396 e. The van der Waals surface area contributed by atoms with Gasteiger partial charge in [-0.1, -0.05) is 13.8 Å². The van der Waals surface area contributed by atoms with Crippen LogP contribution in [0.4, 0.5) is 0 Å². The predicted molar refractivity (Wildman–Crippen MR) is 57.8 cm³/mol. The molecule has 0 spiro atoms. The molecule has 92 valence electrons. The zero-order valence-corrected chi connectivity index (χ0v) is 10.2. The topological polar surface area (TPSA) is 64.6 Å². The zero-order valence-electron chi connectivity index (χ0n) is 10.2. The molecule has 1 aliphatic carbocycles. The van der Waals surface area contributed by atoms with Gasteiger partial charge in [-0.25, -0.2) is 4.79 Å². The van der Waals surface area contributed by atoms with E-state index in [4.69, 9.17) is 4.74 Å². The Morgan fingerprint density at radius 1 is 1.44 bits per heavy atom. The molecule has 0 radical (unpaired) electrons. The van der Waals surface area contributed by atoms with E-state index in [0.717, 1.165) is 6.42 Å². The maximum absolute atomic E-state index is 11.3. The van der Waals surface area contributed by atoms with Crippen LogP contribution >= 0.6 is 0 Å². The largest absolute Gasteiger partial charge is 0.462 e. The minimum atomic E-state index is -0.851. The summed E-state index contributed by atoms with van der Waals surface area (Å²) < 4.78 is 9.87. The lowest BCUT2D eigenvalue weighted by molar-refractivity contribution is -0.157. The van der Waals surface area contributed by atoms with Crippen LogP contribution in [-0.4, -0.2) is 37.7 Å². The SMILES string of the molecule is CCOC1CC(NC(=O)C(=O)OC)C1(C)C. The molecule has 0 heterocycles. The number of hydrogen-bond donors (Lipinski definition) is 1. The van der Waals surface area contributed by atoms with Crippen LogP contribution < -0.4 is 5.32 Å². The first-order chi connectivity index (χ1) is 7.43. The monoisotopic (exact) mass is 229 g/mol. The Hall–Kier alpha value is -1.10. The minimum Gasteiger partial charge on any atom is -0.462 e. The number of rotatable bonds is 3. The third-order valence-corrected chi connectivity index (χ3v) is 3.22. The van der Waals surface area contributed by atoms with Crippen LogP contribution in [0.2, 0.25) is 0 Å². The van der Waals surface area contributed by atoms with Gasteiger partial charge in [0, 0.05) is 18.1 Å². The first kappa shape index (κ1) is 13.0. The summed E-state index contributed by atoms with van der Waals surface area (Å²) in [6.45, 7) is 6.63. The van der Waals surface area contributed by atoms with Gasteiger partial charge in [-0.05, 0) is 13.3 Å². The standard InChI is InChI=1S/C11H19NO4/c1-5-16-8-6-7(11(8,2)3)12-9(13)10(14)15-4/h7-8H,5-6H2,1-4H3,(H,12,13). The average Bonchev–Trinajstić information content (AvgIpc) is 2.26. The number of amides is 1. The Bertz CT molecular complexity index is 288. The minimum absolute atomic E-state index is 0.0318. The number of ether oxygens (including phenoxy) is 2. The molecule has 1 amide bonds. The van der Waals surface area contributed by atoms with E-state index in [2.05, 4.69) is 10.1 Å². The maximum Gasteiger partial charge on any atom is 0.396 e. The zero-order chi connectivity index (χ0) is 12.3.